The van der Waals surface area contributed by atoms with Gasteiger partial charge in [0.05, 0.1) is 0 Å². The second kappa shape index (κ2) is 7.09. The average molecular weight is 318 g/mol. The Balaban J connectivity index is 0.000000179. The number of nitrogens with zero attached hydrogens (tertiary/aromatic N) is 1. The summed E-state index contributed by atoms with van der Waals surface area (Å²) in [6.07, 6.45) is 1.91. The van der Waals surface area contributed by atoms with Crippen molar-refractivity contribution in [3.63, 3.8) is 0 Å². The highest BCUT2D eigenvalue weighted by molar-refractivity contribution is 5.85. The maximum Gasteiger partial charge on any atom is 0.123 e. The fourth-order valence-corrected chi connectivity index (χ4v) is 2.44. The first-order chi connectivity index (χ1) is 11.6. The Morgan fingerprint density at radius 3 is 2.25 bits per heavy atom. The number of fused-ring (bicyclic) bond motifs is 1. The van der Waals surface area contributed by atoms with Gasteiger partial charge in [-0.15, -0.1) is 0 Å². The zero-order chi connectivity index (χ0) is 16.9. The average Bonchev–Trinajstić information content (AvgIpc) is 3.02. The van der Waals surface area contributed by atoms with Crippen LogP contribution in [0.15, 0.2) is 72.9 Å². The van der Waals surface area contributed by atoms with Crippen molar-refractivity contribution >= 4 is 10.9 Å². The number of hydrogen-bond donors (Lipinski definition) is 1. The van der Waals surface area contributed by atoms with Crippen molar-refractivity contribution < 1.29 is 4.39 Å². The van der Waals surface area contributed by atoms with Crippen LogP contribution in [0.1, 0.15) is 11.3 Å². The Bertz CT molecular complexity index is 904. The van der Waals surface area contributed by atoms with Gasteiger partial charge in [-0.05, 0) is 43.7 Å². The number of benzene rings is 2. The monoisotopic (exact) mass is 318 g/mol. The van der Waals surface area contributed by atoms with Gasteiger partial charge in [0.15, 0.2) is 0 Å². The lowest BCUT2D eigenvalue weighted by molar-refractivity contribution is 0.627. The summed E-state index contributed by atoms with van der Waals surface area (Å²) in [7, 11) is 0. The Kier molecular flexibility index (Phi) is 4.71. The highest BCUT2D eigenvalue weighted by Crippen LogP contribution is 2.23. The molecule has 0 spiro atoms. The lowest BCUT2D eigenvalue weighted by Crippen LogP contribution is -1.78. The summed E-state index contributed by atoms with van der Waals surface area (Å²) < 4.78 is 12.1. The molecule has 2 aromatic heterocycles. The second-order valence-corrected chi connectivity index (χ2v) is 5.76. The molecule has 2 heterocycles. The number of aromatic nitrogens is 2. The van der Waals surface area contributed by atoms with Gasteiger partial charge in [-0.3, -0.25) is 4.98 Å². The van der Waals surface area contributed by atoms with E-state index < -0.39 is 0 Å². The van der Waals surface area contributed by atoms with Crippen LogP contribution in [0.25, 0.3) is 22.2 Å². The van der Waals surface area contributed by atoms with Crippen LogP contribution in [0.5, 0.6) is 0 Å². The summed E-state index contributed by atoms with van der Waals surface area (Å²) in [5.74, 6) is -0.171. The molecule has 0 radical (unpaired) electrons. The Morgan fingerprint density at radius 1 is 0.875 bits per heavy atom. The number of pyridine rings is 1. The largest absolute Gasteiger partial charge is 0.354 e. The maximum atomic E-state index is 12.1. The molecule has 2 nitrogen and oxygen atoms in total. The molecule has 0 unspecified atom stereocenters. The van der Waals surface area contributed by atoms with Gasteiger partial charge in [0.2, 0.25) is 0 Å². The van der Waals surface area contributed by atoms with Crippen molar-refractivity contribution in [1.82, 2.24) is 9.97 Å². The van der Waals surface area contributed by atoms with E-state index in [9.17, 15) is 4.39 Å². The molecule has 3 heteroatoms. The van der Waals surface area contributed by atoms with E-state index in [0.29, 0.717) is 0 Å². The molecule has 24 heavy (non-hydrogen) atoms. The topological polar surface area (TPSA) is 28.7 Å². The van der Waals surface area contributed by atoms with E-state index in [4.69, 9.17) is 0 Å². The van der Waals surface area contributed by atoms with E-state index in [1.807, 2.05) is 38.2 Å². The third kappa shape index (κ3) is 3.87. The van der Waals surface area contributed by atoms with Gasteiger partial charge in [0, 0.05) is 28.5 Å². The first-order valence-corrected chi connectivity index (χ1v) is 7.85. The normalized spacial score (nSPS) is 10.3. The van der Waals surface area contributed by atoms with Gasteiger partial charge < -0.3 is 4.98 Å². The summed E-state index contributed by atoms with van der Waals surface area (Å²) in [6, 6.07) is 20.9. The molecule has 0 amide bonds. The molecule has 0 bridgehead atoms. The second-order valence-electron chi connectivity index (χ2n) is 5.76. The highest BCUT2D eigenvalue weighted by Gasteiger charge is 2.02. The standard InChI is InChI=1S/C14H12N2.C7H7F/c1-10-7-13-12(9-15-10)8-14(16-13)11-5-3-2-4-6-11;1-6-2-4-7(8)5-3-6/h2-9,16H,1H3;2-5H,1H3. The number of H-pyrrole nitrogens is 1. The third-order valence-corrected chi connectivity index (χ3v) is 3.74. The summed E-state index contributed by atoms with van der Waals surface area (Å²) in [5, 5.41) is 1.16. The summed E-state index contributed by atoms with van der Waals surface area (Å²) in [4.78, 5) is 7.71. The minimum atomic E-state index is -0.171. The molecule has 0 aliphatic carbocycles. The number of rotatable bonds is 1. The minimum Gasteiger partial charge on any atom is -0.354 e. The van der Waals surface area contributed by atoms with Gasteiger partial charge in [0.25, 0.3) is 0 Å². The van der Waals surface area contributed by atoms with Gasteiger partial charge in [-0.2, -0.15) is 0 Å². The maximum absolute atomic E-state index is 12.1. The highest BCUT2D eigenvalue weighted by atomic mass is 19.1. The van der Waals surface area contributed by atoms with E-state index >= 15 is 0 Å². The molecule has 120 valence electrons. The van der Waals surface area contributed by atoms with Crippen molar-refractivity contribution in [3.05, 3.63) is 90.0 Å². The number of aryl methyl sites for hydroxylation is 2. The lowest BCUT2D eigenvalue weighted by Gasteiger charge is -1.95. The molecular formula is C21H19FN2. The molecule has 0 atom stereocenters. The first-order valence-electron chi connectivity index (χ1n) is 7.85. The fourth-order valence-electron chi connectivity index (χ4n) is 2.44. The van der Waals surface area contributed by atoms with Crippen LogP contribution < -0.4 is 0 Å². The van der Waals surface area contributed by atoms with E-state index in [-0.39, 0.29) is 5.82 Å². The van der Waals surface area contributed by atoms with E-state index in [0.717, 1.165) is 27.9 Å². The van der Waals surface area contributed by atoms with Crippen molar-refractivity contribution in [2.75, 3.05) is 0 Å². The predicted octanol–water partition coefficient (Wildman–Crippen LogP) is 5.67. The first kappa shape index (κ1) is 15.9. The summed E-state index contributed by atoms with van der Waals surface area (Å²) in [6.45, 7) is 3.93. The summed E-state index contributed by atoms with van der Waals surface area (Å²) in [5.41, 5.74) is 5.62. The van der Waals surface area contributed by atoms with Crippen molar-refractivity contribution in [3.8, 4) is 11.3 Å². The van der Waals surface area contributed by atoms with Crippen LogP contribution in [0.2, 0.25) is 0 Å². The summed E-state index contributed by atoms with van der Waals surface area (Å²) >= 11 is 0. The zero-order valence-corrected chi connectivity index (χ0v) is 13.8. The van der Waals surface area contributed by atoms with Crippen LogP contribution in [-0.4, -0.2) is 9.97 Å². The fraction of sp³-hybridized carbons (Fsp3) is 0.0952. The van der Waals surface area contributed by atoms with Gasteiger partial charge >= 0.3 is 0 Å². The van der Waals surface area contributed by atoms with Crippen LogP contribution >= 0.6 is 0 Å². The van der Waals surface area contributed by atoms with Crippen molar-refractivity contribution in [2.45, 2.75) is 13.8 Å². The third-order valence-electron chi connectivity index (χ3n) is 3.74. The number of halogens is 1. The molecule has 0 saturated carbocycles. The molecule has 0 fully saturated rings. The Hall–Kier alpha value is -2.94. The number of hydrogen-bond acceptors (Lipinski definition) is 1. The van der Waals surface area contributed by atoms with Crippen molar-refractivity contribution in [1.29, 1.82) is 0 Å². The Morgan fingerprint density at radius 2 is 1.58 bits per heavy atom. The molecule has 4 rings (SSSR count). The molecule has 2 aromatic carbocycles. The molecule has 0 aliphatic heterocycles. The van der Waals surface area contributed by atoms with Crippen molar-refractivity contribution in [2.24, 2.45) is 0 Å². The van der Waals surface area contributed by atoms with Gasteiger partial charge in [0.1, 0.15) is 5.82 Å². The van der Waals surface area contributed by atoms with Crippen LogP contribution in [0.3, 0.4) is 0 Å². The van der Waals surface area contributed by atoms with E-state index in [1.54, 1.807) is 12.1 Å². The molecule has 0 aliphatic rings. The molecular weight excluding hydrogens is 299 g/mol. The Labute approximate surface area is 141 Å². The van der Waals surface area contributed by atoms with Crippen LogP contribution in [0, 0.1) is 19.7 Å². The van der Waals surface area contributed by atoms with Crippen LogP contribution in [0.4, 0.5) is 4.39 Å². The predicted molar refractivity (Wildman–Crippen MR) is 97.4 cm³/mol. The SMILES string of the molecule is Cc1cc2[nH]c(-c3ccccc3)cc2cn1.Cc1ccc(F)cc1. The molecule has 0 saturated heterocycles. The minimum absolute atomic E-state index is 0.171. The van der Waals surface area contributed by atoms with E-state index in [2.05, 4.69) is 34.2 Å². The van der Waals surface area contributed by atoms with E-state index in [1.165, 1.54) is 17.7 Å². The zero-order valence-electron chi connectivity index (χ0n) is 13.8. The smallest absolute Gasteiger partial charge is 0.123 e. The molecule has 4 aromatic rings. The van der Waals surface area contributed by atoms with Gasteiger partial charge in [-0.25, -0.2) is 4.39 Å². The number of aromatic amines is 1. The van der Waals surface area contributed by atoms with Crippen LogP contribution in [-0.2, 0) is 0 Å². The quantitative estimate of drug-likeness (QED) is 0.481. The lowest BCUT2D eigenvalue weighted by atomic mass is 10.1. The number of nitrogens with one attached hydrogen (secondary N) is 1. The molecule has 1 N–H and O–H groups in total. The van der Waals surface area contributed by atoms with Gasteiger partial charge in [-0.1, -0.05) is 48.0 Å².